The zero-order valence-corrected chi connectivity index (χ0v) is 27.6. The number of carbonyl (C=O) groups excluding carboxylic acids is 2. The second-order valence-electron chi connectivity index (χ2n) is 11.9. The second-order valence-corrected chi connectivity index (χ2v) is 14.7. The van der Waals surface area contributed by atoms with E-state index in [0.29, 0.717) is 23.0 Å². The minimum Gasteiger partial charge on any atom is -0.443 e. The molecule has 0 spiro atoms. The Bertz CT molecular complexity index is 1580. The Kier molecular flexibility index (Phi) is 11.1. The summed E-state index contributed by atoms with van der Waals surface area (Å²) in [7, 11) is -4.04. The Balaban J connectivity index is 1.32. The number of hydrogen-bond donors (Lipinski definition) is 3. The van der Waals surface area contributed by atoms with Crippen molar-refractivity contribution in [2.45, 2.75) is 63.0 Å². The SMILES string of the molecule is CC(=O)Nc1nc(-c2ccc(S(=O)(=O)N(CC(C)C)C[C@@H](O)[C@H](Cc3ccccc3)NC(=O)O[C@H]3CO[C@H]4OCC[C@H]43)cc2)cs1. The van der Waals surface area contributed by atoms with Gasteiger partial charge in [-0.15, -0.1) is 11.3 Å². The summed E-state index contributed by atoms with van der Waals surface area (Å²) in [6.07, 6.45) is -1.84. The predicted octanol–water partition coefficient (Wildman–Crippen LogP) is 3.88. The Morgan fingerprint density at radius 1 is 1.11 bits per heavy atom. The van der Waals surface area contributed by atoms with E-state index in [4.69, 9.17) is 14.2 Å². The first-order valence-electron chi connectivity index (χ1n) is 15.3. The molecule has 2 saturated heterocycles. The molecular formula is C32H40N4O8S2. The van der Waals surface area contributed by atoms with Crippen LogP contribution in [0, 0.1) is 11.8 Å². The molecule has 0 bridgehead atoms. The number of benzene rings is 2. The van der Waals surface area contributed by atoms with E-state index in [0.717, 1.165) is 12.0 Å². The summed E-state index contributed by atoms with van der Waals surface area (Å²) in [5.41, 5.74) is 2.16. The summed E-state index contributed by atoms with van der Waals surface area (Å²) in [5.74, 6) is -0.317. The first-order chi connectivity index (χ1) is 22.0. The third-order valence-corrected chi connectivity index (χ3v) is 10.4. The van der Waals surface area contributed by atoms with Crippen LogP contribution < -0.4 is 10.6 Å². The molecule has 14 heteroatoms. The Morgan fingerprint density at radius 3 is 2.54 bits per heavy atom. The van der Waals surface area contributed by atoms with Crippen molar-refractivity contribution in [3.8, 4) is 11.3 Å². The lowest BCUT2D eigenvalue weighted by Gasteiger charge is -2.31. The molecule has 0 radical (unpaired) electrons. The molecule has 2 aromatic carbocycles. The third-order valence-electron chi connectivity index (χ3n) is 7.84. The number of ether oxygens (including phenoxy) is 3. The molecule has 5 atom stereocenters. The number of anilines is 1. The molecule has 2 aliphatic rings. The molecule has 46 heavy (non-hydrogen) atoms. The fraction of sp³-hybridized carbons (Fsp3) is 0.469. The van der Waals surface area contributed by atoms with E-state index in [1.54, 1.807) is 17.5 Å². The minimum absolute atomic E-state index is 0.0436. The van der Waals surface area contributed by atoms with Crippen LogP contribution in [0.2, 0.25) is 0 Å². The van der Waals surface area contributed by atoms with Gasteiger partial charge in [0.2, 0.25) is 15.9 Å². The van der Waals surface area contributed by atoms with Gasteiger partial charge in [-0.1, -0.05) is 56.3 Å². The fourth-order valence-electron chi connectivity index (χ4n) is 5.60. The Hall–Kier alpha value is -3.40. The number of aliphatic hydroxyl groups is 1. The average molecular weight is 673 g/mol. The van der Waals surface area contributed by atoms with Crippen molar-refractivity contribution < 1.29 is 37.3 Å². The number of nitrogens with one attached hydrogen (secondary N) is 2. The number of fused-ring (bicyclic) bond motifs is 1. The Labute approximate surface area is 273 Å². The van der Waals surface area contributed by atoms with Crippen LogP contribution in [0.25, 0.3) is 11.3 Å². The molecule has 0 aliphatic carbocycles. The highest BCUT2D eigenvalue weighted by atomic mass is 32.2. The minimum atomic E-state index is -4.04. The number of hydrogen-bond acceptors (Lipinski definition) is 10. The molecule has 0 unspecified atom stereocenters. The standard InChI is InChI=1S/C32H40N4O8S2/c1-20(2)16-36(46(40,41)24-11-9-23(10-12-24)27-19-45-31(34-27)33-21(3)37)17-28(38)26(15-22-7-5-4-6-8-22)35-32(39)44-29-18-43-30-25(29)13-14-42-30/h4-12,19-20,25-26,28-30,38H,13-18H2,1-3H3,(H,35,39)(H,33,34,37)/t25-,26-,28+,29-,30+/m0/s1. The largest absolute Gasteiger partial charge is 0.443 e. The number of aromatic nitrogens is 1. The fourth-order valence-corrected chi connectivity index (χ4v) is 7.98. The number of nitrogens with zero attached hydrogens (tertiary/aromatic N) is 2. The van der Waals surface area contributed by atoms with E-state index in [-0.39, 0.29) is 55.0 Å². The predicted molar refractivity (Wildman–Crippen MR) is 173 cm³/mol. The van der Waals surface area contributed by atoms with Crippen molar-refractivity contribution >= 4 is 38.5 Å². The molecule has 3 aromatic rings. The maximum Gasteiger partial charge on any atom is 0.407 e. The van der Waals surface area contributed by atoms with E-state index in [1.807, 2.05) is 44.2 Å². The molecule has 2 fully saturated rings. The summed E-state index contributed by atoms with van der Waals surface area (Å²) in [5, 5.41) is 19.2. The zero-order valence-electron chi connectivity index (χ0n) is 26.0. The van der Waals surface area contributed by atoms with Gasteiger partial charge in [0, 0.05) is 31.0 Å². The van der Waals surface area contributed by atoms with Crippen molar-refractivity contribution in [1.29, 1.82) is 0 Å². The third kappa shape index (κ3) is 8.49. The van der Waals surface area contributed by atoms with Crippen LogP contribution in [0.3, 0.4) is 0 Å². The molecule has 3 N–H and O–H groups in total. The van der Waals surface area contributed by atoms with Gasteiger partial charge < -0.3 is 30.0 Å². The summed E-state index contributed by atoms with van der Waals surface area (Å²) in [6.45, 7) is 5.86. The summed E-state index contributed by atoms with van der Waals surface area (Å²) in [6, 6.07) is 14.8. The number of sulfonamides is 1. The lowest BCUT2D eigenvalue weighted by molar-refractivity contribution is -0.114. The van der Waals surface area contributed by atoms with Gasteiger partial charge in [0.1, 0.15) is 6.10 Å². The number of aliphatic hydroxyl groups excluding tert-OH is 1. The zero-order chi connectivity index (χ0) is 32.8. The molecule has 2 amide bonds. The van der Waals surface area contributed by atoms with E-state index in [2.05, 4.69) is 15.6 Å². The van der Waals surface area contributed by atoms with Gasteiger partial charge in [0.25, 0.3) is 0 Å². The van der Waals surface area contributed by atoms with Gasteiger partial charge in [0.05, 0.1) is 41.9 Å². The summed E-state index contributed by atoms with van der Waals surface area (Å²) >= 11 is 1.27. The van der Waals surface area contributed by atoms with Crippen molar-refractivity contribution in [3.63, 3.8) is 0 Å². The van der Waals surface area contributed by atoms with Crippen molar-refractivity contribution in [1.82, 2.24) is 14.6 Å². The lowest BCUT2D eigenvalue weighted by atomic mass is 10.0. The van der Waals surface area contributed by atoms with Crippen molar-refractivity contribution in [2.24, 2.45) is 11.8 Å². The molecule has 248 valence electrons. The molecule has 0 saturated carbocycles. The molecule has 1 aromatic heterocycles. The highest BCUT2D eigenvalue weighted by Crippen LogP contribution is 2.33. The summed E-state index contributed by atoms with van der Waals surface area (Å²) < 4.78 is 45.9. The van der Waals surface area contributed by atoms with Gasteiger partial charge in [-0.2, -0.15) is 4.31 Å². The van der Waals surface area contributed by atoms with E-state index >= 15 is 0 Å². The molecule has 2 aliphatic heterocycles. The monoisotopic (exact) mass is 672 g/mol. The number of rotatable bonds is 13. The molecular weight excluding hydrogens is 633 g/mol. The van der Waals surface area contributed by atoms with Gasteiger partial charge in [-0.3, -0.25) is 4.79 Å². The van der Waals surface area contributed by atoms with Crippen LogP contribution in [-0.4, -0.2) is 85.7 Å². The molecule has 12 nitrogen and oxygen atoms in total. The smallest absolute Gasteiger partial charge is 0.407 e. The van der Waals surface area contributed by atoms with E-state index < -0.39 is 34.4 Å². The van der Waals surface area contributed by atoms with E-state index in [1.165, 1.54) is 34.7 Å². The average Bonchev–Trinajstić information content (AvgIpc) is 3.76. The van der Waals surface area contributed by atoms with Crippen molar-refractivity contribution in [2.75, 3.05) is 31.6 Å². The first-order valence-corrected chi connectivity index (χ1v) is 17.6. The quantitative estimate of drug-likeness (QED) is 0.245. The van der Waals surface area contributed by atoms with Crippen LogP contribution in [0.4, 0.5) is 9.93 Å². The van der Waals surface area contributed by atoms with Crippen LogP contribution >= 0.6 is 11.3 Å². The number of thiazole rings is 1. The highest BCUT2D eigenvalue weighted by molar-refractivity contribution is 7.89. The number of amides is 2. The number of carbonyl (C=O) groups is 2. The normalized spacial score (nSPS) is 20.8. The highest BCUT2D eigenvalue weighted by Gasteiger charge is 2.44. The maximum absolute atomic E-state index is 13.9. The van der Waals surface area contributed by atoms with Gasteiger partial charge >= 0.3 is 6.09 Å². The first kappa shape index (κ1) is 33.9. The van der Waals surface area contributed by atoms with Gasteiger partial charge in [-0.05, 0) is 36.5 Å². The molecule has 3 heterocycles. The second kappa shape index (κ2) is 15.0. The maximum atomic E-state index is 13.9. The van der Waals surface area contributed by atoms with Crippen LogP contribution in [0.5, 0.6) is 0 Å². The number of alkyl carbamates (subject to hydrolysis) is 1. The van der Waals surface area contributed by atoms with Crippen LogP contribution in [0.15, 0.2) is 64.9 Å². The Morgan fingerprint density at radius 2 is 1.85 bits per heavy atom. The lowest BCUT2D eigenvalue weighted by Crippen LogP contribution is -2.51. The van der Waals surface area contributed by atoms with Gasteiger partial charge in [-0.25, -0.2) is 18.2 Å². The van der Waals surface area contributed by atoms with Crippen LogP contribution in [0.1, 0.15) is 32.8 Å². The molecule has 5 rings (SSSR count). The topological polar surface area (TPSA) is 156 Å². The van der Waals surface area contributed by atoms with Crippen LogP contribution in [-0.2, 0) is 35.4 Å². The van der Waals surface area contributed by atoms with Gasteiger partial charge in [0.15, 0.2) is 11.4 Å². The van der Waals surface area contributed by atoms with Crippen molar-refractivity contribution in [3.05, 3.63) is 65.5 Å². The van der Waals surface area contributed by atoms with E-state index in [9.17, 15) is 23.1 Å². The summed E-state index contributed by atoms with van der Waals surface area (Å²) in [4.78, 5) is 28.9.